The maximum atomic E-state index is 12.3. The van der Waals surface area contributed by atoms with E-state index in [1.165, 1.54) is 12.1 Å². The van der Waals surface area contributed by atoms with Crippen LogP contribution in [0, 0.1) is 0 Å². The number of ether oxygens (including phenoxy) is 1. The van der Waals surface area contributed by atoms with Crippen molar-refractivity contribution in [3.8, 4) is 5.75 Å². The van der Waals surface area contributed by atoms with E-state index < -0.39 is 12.0 Å². The molecule has 0 spiro atoms. The molecule has 0 saturated heterocycles. The number of benzene rings is 1. The monoisotopic (exact) mass is 270 g/mol. The first kappa shape index (κ1) is 13.6. The lowest BCUT2D eigenvalue weighted by atomic mass is 9.94. The number of rotatable bonds is 2. The van der Waals surface area contributed by atoms with Crippen LogP contribution in [-0.4, -0.2) is 12.0 Å². The number of alkyl halides is 3. The SMILES string of the molecule is NC1(N)C=CC(c2ccccc2OC(F)(F)F)=CC1. The highest BCUT2D eigenvalue weighted by molar-refractivity contribution is 5.79. The number of halogens is 3. The number of nitrogens with two attached hydrogens (primary N) is 2. The van der Waals surface area contributed by atoms with E-state index in [0.717, 1.165) is 0 Å². The minimum absolute atomic E-state index is 0.243. The largest absolute Gasteiger partial charge is 0.573 e. The molecular weight excluding hydrogens is 257 g/mol. The lowest BCUT2D eigenvalue weighted by Crippen LogP contribution is -2.47. The van der Waals surface area contributed by atoms with Crippen LogP contribution in [0.1, 0.15) is 12.0 Å². The van der Waals surface area contributed by atoms with Gasteiger partial charge in [-0.3, -0.25) is 0 Å². The number of para-hydroxylation sites is 1. The van der Waals surface area contributed by atoms with Crippen LogP contribution in [0.25, 0.3) is 5.57 Å². The Balaban J connectivity index is 2.32. The van der Waals surface area contributed by atoms with E-state index in [4.69, 9.17) is 11.5 Å². The lowest BCUT2D eigenvalue weighted by Gasteiger charge is -2.23. The zero-order chi connectivity index (χ0) is 14.1. The Kier molecular flexibility index (Phi) is 3.38. The topological polar surface area (TPSA) is 61.3 Å². The molecule has 0 fully saturated rings. The number of hydrogen-bond acceptors (Lipinski definition) is 3. The minimum atomic E-state index is -4.72. The zero-order valence-electron chi connectivity index (χ0n) is 9.95. The second-order valence-electron chi connectivity index (χ2n) is 4.35. The van der Waals surface area contributed by atoms with Gasteiger partial charge in [0.05, 0.1) is 5.66 Å². The summed E-state index contributed by atoms with van der Waals surface area (Å²) in [6.07, 6.45) is 0.479. The molecule has 1 aliphatic carbocycles. The molecule has 0 saturated carbocycles. The van der Waals surface area contributed by atoms with Gasteiger partial charge in [0, 0.05) is 12.0 Å². The Bertz CT molecular complexity index is 533. The quantitative estimate of drug-likeness (QED) is 0.812. The van der Waals surface area contributed by atoms with Gasteiger partial charge in [-0.2, -0.15) is 0 Å². The van der Waals surface area contributed by atoms with Crippen LogP contribution in [0.3, 0.4) is 0 Å². The normalized spacial score (nSPS) is 18.1. The molecule has 19 heavy (non-hydrogen) atoms. The molecule has 1 aromatic carbocycles. The van der Waals surface area contributed by atoms with Crippen LogP contribution in [0.4, 0.5) is 13.2 Å². The molecule has 4 N–H and O–H groups in total. The Morgan fingerprint density at radius 3 is 2.42 bits per heavy atom. The molecule has 0 radical (unpaired) electrons. The summed E-state index contributed by atoms with van der Waals surface area (Å²) < 4.78 is 40.9. The van der Waals surface area contributed by atoms with Gasteiger partial charge in [-0.05, 0) is 17.7 Å². The van der Waals surface area contributed by atoms with E-state index in [-0.39, 0.29) is 5.75 Å². The van der Waals surface area contributed by atoms with Crippen molar-refractivity contribution in [3.63, 3.8) is 0 Å². The number of hydrogen-bond donors (Lipinski definition) is 2. The van der Waals surface area contributed by atoms with Crippen molar-refractivity contribution in [1.29, 1.82) is 0 Å². The third-order valence-electron chi connectivity index (χ3n) is 2.67. The smallest absolute Gasteiger partial charge is 0.405 e. The molecule has 0 aromatic heterocycles. The average molecular weight is 270 g/mol. The average Bonchev–Trinajstić information content (AvgIpc) is 2.28. The van der Waals surface area contributed by atoms with Gasteiger partial charge in [0.2, 0.25) is 0 Å². The summed E-state index contributed by atoms with van der Waals surface area (Å²) in [5.41, 5.74) is 11.4. The molecule has 3 nitrogen and oxygen atoms in total. The highest BCUT2D eigenvalue weighted by atomic mass is 19.4. The second kappa shape index (κ2) is 4.71. The van der Waals surface area contributed by atoms with Gasteiger partial charge in [-0.15, -0.1) is 13.2 Å². The van der Waals surface area contributed by atoms with Crippen LogP contribution in [0.15, 0.2) is 42.5 Å². The van der Waals surface area contributed by atoms with Gasteiger partial charge in [0.1, 0.15) is 5.75 Å². The van der Waals surface area contributed by atoms with Gasteiger partial charge >= 0.3 is 6.36 Å². The zero-order valence-corrected chi connectivity index (χ0v) is 9.95. The summed E-state index contributed by atoms with van der Waals surface area (Å²) in [7, 11) is 0. The van der Waals surface area contributed by atoms with Crippen molar-refractivity contribution >= 4 is 5.57 Å². The van der Waals surface area contributed by atoms with Gasteiger partial charge in [0.25, 0.3) is 0 Å². The van der Waals surface area contributed by atoms with Crippen molar-refractivity contribution < 1.29 is 17.9 Å². The fraction of sp³-hybridized carbons (Fsp3) is 0.231. The molecule has 0 amide bonds. The Labute approximate surface area is 108 Å². The van der Waals surface area contributed by atoms with E-state index in [9.17, 15) is 13.2 Å². The Morgan fingerprint density at radius 2 is 1.84 bits per heavy atom. The van der Waals surface area contributed by atoms with Crippen LogP contribution in [-0.2, 0) is 0 Å². The summed E-state index contributed by atoms with van der Waals surface area (Å²) in [5, 5.41) is 0. The van der Waals surface area contributed by atoms with Crippen LogP contribution in [0.5, 0.6) is 5.75 Å². The van der Waals surface area contributed by atoms with E-state index in [0.29, 0.717) is 17.6 Å². The van der Waals surface area contributed by atoms with E-state index >= 15 is 0 Å². The second-order valence-corrected chi connectivity index (χ2v) is 4.35. The van der Waals surface area contributed by atoms with Crippen molar-refractivity contribution in [3.05, 3.63) is 48.1 Å². The highest BCUT2D eigenvalue weighted by Crippen LogP contribution is 2.33. The Morgan fingerprint density at radius 1 is 1.16 bits per heavy atom. The van der Waals surface area contributed by atoms with Crippen LogP contribution < -0.4 is 16.2 Å². The fourth-order valence-corrected chi connectivity index (χ4v) is 1.79. The maximum absolute atomic E-state index is 12.3. The fourth-order valence-electron chi connectivity index (χ4n) is 1.79. The highest BCUT2D eigenvalue weighted by Gasteiger charge is 2.32. The molecular formula is C13H13F3N2O. The molecule has 0 unspecified atom stereocenters. The lowest BCUT2D eigenvalue weighted by molar-refractivity contribution is -0.274. The third-order valence-corrected chi connectivity index (χ3v) is 2.67. The van der Waals surface area contributed by atoms with Crippen molar-refractivity contribution in [2.75, 3.05) is 0 Å². The molecule has 0 atom stereocenters. The van der Waals surface area contributed by atoms with Crippen molar-refractivity contribution in [2.45, 2.75) is 18.4 Å². The van der Waals surface area contributed by atoms with Crippen molar-refractivity contribution in [1.82, 2.24) is 0 Å². The Hall–Kier alpha value is -1.79. The summed E-state index contributed by atoms with van der Waals surface area (Å²) in [6.45, 7) is 0. The predicted octanol–water partition coefficient (Wildman–Crippen LogP) is 2.54. The van der Waals surface area contributed by atoms with E-state index in [2.05, 4.69) is 4.74 Å². The predicted molar refractivity (Wildman–Crippen MR) is 66.0 cm³/mol. The van der Waals surface area contributed by atoms with E-state index in [1.54, 1.807) is 30.4 Å². The molecule has 102 valence electrons. The van der Waals surface area contributed by atoms with Crippen molar-refractivity contribution in [2.24, 2.45) is 11.5 Å². The summed E-state index contributed by atoms with van der Waals surface area (Å²) in [6, 6.07) is 5.94. The van der Waals surface area contributed by atoms with Gasteiger partial charge in [-0.25, -0.2) is 0 Å². The summed E-state index contributed by atoms with van der Waals surface area (Å²) in [4.78, 5) is 0. The maximum Gasteiger partial charge on any atom is 0.573 e. The molecule has 6 heteroatoms. The summed E-state index contributed by atoms with van der Waals surface area (Å²) in [5.74, 6) is -0.243. The summed E-state index contributed by atoms with van der Waals surface area (Å²) >= 11 is 0. The first-order valence-corrected chi connectivity index (χ1v) is 5.59. The minimum Gasteiger partial charge on any atom is -0.405 e. The number of allylic oxidation sites excluding steroid dienone is 2. The first-order valence-electron chi connectivity index (χ1n) is 5.59. The van der Waals surface area contributed by atoms with Crippen LogP contribution in [0.2, 0.25) is 0 Å². The standard InChI is InChI=1S/C13H13F3N2O/c14-13(15,16)19-11-4-2-1-3-10(11)9-5-7-12(17,18)8-6-9/h1-7H,8,17-18H2. The molecule has 0 aliphatic heterocycles. The molecule has 0 bridgehead atoms. The van der Waals surface area contributed by atoms with E-state index in [1.807, 2.05) is 0 Å². The van der Waals surface area contributed by atoms with Gasteiger partial charge in [-0.1, -0.05) is 30.4 Å². The van der Waals surface area contributed by atoms with Gasteiger partial charge in [0.15, 0.2) is 0 Å². The molecule has 1 aromatic rings. The molecule has 2 rings (SSSR count). The molecule has 0 heterocycles. The first-order chi connectivity index (χ1) is 8.77. The van der Waals surface area contributed by atoms with Gasteiger partial charge < -0.3 is 16.2 Å². The third kappa shape index (κ3) is 3.59. The molecule has 1 aliphatic rings. The van der Waals surface area contributed by atoms with Crippen LogP contribution >= 0.6 is 0 Å².